The molecule has 0 saturated carbocycles. The standard InChI is InChI=1S/C26H24N4O2/c1-18-7-2-3-10-23(18)26-29-28-25(32-26)20-13-11-19(12-14-20)24(31)27-21-8-6-9-22(17-21)30-15-4-5-16-30/h2-3,6-14,17H,4-5,15-16H2,1H3,(H,27,31). The van der Waals surface area contributed by atoms with Crippen LogP contribution in [0.15, 0.2) is 77.2 Å². The van der Waals surface area contributed by atoms with E-state index in [1.165, 1.54) is 12.8 Å². The maximum Gasteiger partial charge on any atom is 0.255 e. The van der Waals surface area contributed by atoms with Crippen molar-refractivity contribution in [1.82, 2.24) is 10.2 Å². The van der Waals surface area contributed by atoms with E-state index in [1.54, 1.807) is 12.1 Å². The summed E-state index contributed by atoms with van der Waals surface area (Å²) in [7, 11) is 0. The zero-order valence-corrected chi connectivity index (χ0v) is 17.9. The largest absolute Gasteiger partial charge is 0.416 e. The van der Waals surface area contributed by atoms with Gasteiger partial charge in [-0.1, -0.05) is 24.3 Å². The number of nitrogens with zero attached hydrogens (tertiary/aromatic N) is 3. The summed E-state index contributed by atoms with van der Waals surface area (Å²) >= 11 is 0. The van der Waals surface area contributed by atoms with Crippen LogP contribution in [0.1, 0.15) is 28.8 Å². The zero-order chi connectivity index (χ0) is 21.9. The van der Waals surface area contributed by atoms with Crippen molar-refractivity contribution in [3.05, 3.63) is 83.9 Å². The molecule has 6 nitrogen and oxygen atoms in total. The highest BCUT2D eigenvalue weighted by atomic mass is 16.4. The Morgan fingerprint density at radius 3 is 2.44 bits per heavy atom. The average Bonchev–Trinajstić information content (AvgIpc) is 3.53. The van der Waals surface area contributed by atoms with Gasteiger partial charge in [0.2, 0.25) is 11.8 Å². The Balaban J connectivity index is 1.29. The SMILES string of the molecule is Cc1ccccc1-c1nnc(-c2ccc(C(=O)Nc3cccc(N4CCCC4)c3)cc2)o1. The van der Waals surface area contributed by atoms with Crippen LogP contribution in [-0.4, -0.2) is 29.2 Å². The molecule has 1 aromatic heterocycles. The third kappa shape index (κ3) is 4.12. The Morgan fingerprint density at radius 1 is 0.906 bits per heavy atom. The van der Waals surface area contributed by atoms with Crippen molar-refractivity contribution in [2.75, 3.05) is 23.3 Å². The lowest BCUT2D eigenvalue weighted by Gasteiger charge is -2.18. The zero-order valence-electron chi connectivity index (χ0n) is 17.9. The second kappa shape index (κ2) is 8.67. The highest BCUT2D eigenvalue weighted by molar-refractivity contribution is 6.04. The van der Waals surface area contributed by atoms with Crippen molar-refractivity contribution < 1.29 is 9.21 Å². The highest BCUT2D eigenvalue weighted by Gasteiger charge is 2.15. The summed E-state index contributed by atoms with van der Waals surface area (Å²) in [6.07, 6.45) is 2.44. The number of anilines is 2. The number of aryl methyl sites for hydroxylation is 1. The van der Waals surface area contributed by atoms with Gasteiger partial charge in [-0.2, -0.15) is 0 Å². The van der Waals surface area contributed by atoms with Crippen molar-refractivity contribution in [1.29, 1.82) is 0 Å². The first-order chi connectivity index (χ1) is 15.7. The Bertz CT molecular complexity index is 1240. The highest BCUT2D eigenvalue weighted by Crippen LogP contribution is 2.27. The quantitative estimate of drug-likeness (QED) is 0.454. The molecule has 0 atom stereocenters. The van der Waals surface area contributed by atoms with Gasteiger partial charge in [0.1, 0.15) is 0 Å². The van der Waals surface area contributed by atoms with Gasteiger partial charge in [0.25, 0.3) is 5.91 Å². The summed E-state index contributed by atoms with van der Waals surface area (Å²) in [6, 6.07) is 23.1. The summed E-state index contributed by atoms with van der Waals surface area (Å²) in [5.74, 6) is 0.757. The minimum atomic E-state index is -0.152. The van der Waals surface area contributed by atoms with Gasteiger partial charge < -0.3 is 14.6 Å². The van der Waals surface area contributed by atoms with Crippen LogP contribution in [0.4, 0.5) is 11.4 Å². The summed E-state index contributed by atoms with van der Waals surface area (Å²) in [6.45, 7) is 4.15. The molecule has 0 radical (unpaired) electrons. The van der Waals surface area contributed by atoms with Gasteiger partial charge in [-0.15, -0.1) is 10.2 Å². The van der Waals surface area contributed by atoms with Crippen LogP contribution in [-0.2, 0) is 0 Å². The van der Waals surface area contributed by atoms with E-state index in [-0.39, 0.29) is 5.91 Å². The van der Waals surface area contributed by atoms with E-state index in [2.05, 4.69) is 26.5 Å². The van der Waals surface area contributed by atoms with Crippen LogP contribution in [0.2, 0.25) is 0 Å². The number of rotatable bonds is 5. The smallest absolute Gasteiger partial charge is 0.255 e. The van der Waals surface area contributed by atoms with E-state index >= 15 is 0 Å². The molecule has 1 N–H and O–H groups in total. The van der Waals surface area contributed by atoms with Crippen LogP contribution < -0.4 is 10.2 Å². The predicted molar refractivity (Wildman–Crippen MR) is 126 cm³/mol. The maximum absolute atomic E-state index is 12.7. The average molecular weight is 425 g/mol. The van der Waals surface area contributed by atoms with Crippen LogP contribution in [0, 0.1) is 6.92 Å². The van der Waals surface area contributed by atoms with E-state index in [4.69, 9.17) is 4.42 Å². The number of amides is 1. The molecule has 0 bridgehead atoms. The molecule has 1 aliphatic heterocycles. The first-order valence-corrected chi connectivity index (χ1v) is 10.8. The maximum atomic E-state index is 12.7. The molecule has 0 aliphatic carbocycles. The van der Waals surface area contributed by atoms with Crippen LogP contribution >= 0.6 is 0 Å². The molecule has 4 aromatic rings. The van der Waals surface area contributed by atoms with E-state index in [9.17, 15) is 4.79 Å². The van der Waals surface area contributed by atoms with Gasteiger partial charge in [-0.25, -0.2) is 0 Å². The summed E-state index contributed by atoms with van der Waals surface area (Å²) in [4.78, 5) is 15.1. The Labute approximate surface area is 186 Å². The minimum absolute atomic E-state index is 0.152. The van der Waals surface area contributed by atoms with Gasteiger partial charge in [0.05, 0.1) is 0 Å². The molecule has 6 heteroatoms. The van der Waals surface area contributed by atoms with Crippen LogP contribution in [0.3, 0.4) is 0 Å². The molecule has 0 unspecified atom stereocenters. The molecule has 0 spiro atoms. The minimum Gasteiger partial charge on any atom is -0.416 e. The molecule has 1 amide bonds. The lowest BCUT2D eigenvalue weighted by Crippen LogP contribution is -2.18. The van der Waals surface area contributed by atoms with Crippen molar-refractivity contribution in [3.8, 4) is 22.9 Å². The molecule has 2 heterocycles. The molecule has 1 saturated heterocycles. The Morgan fingerprint density at radius 2 is 1.66 bits per heavy atom. The number of hydrogen-bond donors (Lipinski definition) is 1. The fourth-order valence-electron chi connectivity index (χ4n) is 3.98. The van der Waals surface area contributed by atoms with Crippen molar-refractivity contribution >= 4 is 17.3 Å². The van der Waals surface area contributed by atoms with Gasteiger partial charge in [-0.05, 0) is 73.9 Å². The van der Waals surface area contributed by atoms with Crippen LogP contribution in [0.5, 0.6) is 0 Å². The fourth-order valence-corrected chi connectivity index (χ4v) is 3.98. The first kappa shape index (κ1) is 20.0. The third-order valence-corrected chi connectivity index (χ3v) is 5.77. The number of carbonyl (C=O) groups is 1. The number of benzene rings is 3. The molecule has 1 fully saturated rings. The van der Waals surface area contributed by atoms with Crippen molar-refractivity contribution in [2.45, 2.75) is 19.8 Å². The van der Waals surface area contributed by atoms with Crippen LogP contribution in [0.25, 0.3) is 22.9 Å². The first-order valence-electron chi connectivity index (χ1n) is 10.8. The van der Waals surface area contributed by atoms with Gasteiger partial charge in [0, 0.05) is 41.2 Å². The Kier molecular flexibility index (Phi) is 5.42. The second-order valence-corrected chi connectivity index (χ2v) is 8.00. The van der Waals surface area contributed by atoms with E-state index in [1.807, 2.05) is 61.5 Å². The fraction of sp³-hybridized carbons (Fsp3) is 0.192. The summed E-state index contributed by atoms with van der Waals surface area (Å²) in [5.41, 5.74) is 5.27. The van der Waals surface area contributed by atoms with Gasteiger partial charge in [0.15, 0.2) is 0 Å². The third-order valence-electron chi connectivity index (χ3n) is 5.77. The molecule has 32 heavy (non-hydrogen) atoms. The molecule has 3 aromatic carbocycles. The number of nitrogens with one attached hydrogen (secondary N) is 1. The molecular formula is C26H24N4O2. The van der Waals surface area contributed by atoms with Gasteiger partial charge in [-0.3, -0.25) is 4.79 Å². The monoisotopic (exact) mass is 424 g/mol. The molecular weight excluding hydrogens is 400 g/mol. The summed E-state index contributed by atoms with van der Waals surface area (Å²) in [5, 5.41) is 11.3. The van der Waals surface area contributed by atoms with Crippen molar-refractivity contribution in [3.63, 3.8) is 0 Å². The molecule has 5 rings (SSSR count). The second-order valence-electron chi connectivity index (χ2n) is 8.00. The van der Waals surface area contributed by atoms with E-state index < -0.39 is 0 Å². The van der Waals surface area contributed by atoms with Crippen molar-refractivity contribution in [2.24, 2.45) is 0 Å². The number of carbonyl (C=O) groups excluding carboxylic acids is 1. The summed E-state index contributed by atoms with van der Waals surface area (Å²) < 4.78 is 5.87. The topological polar surface area (TPSA) is 71.3 Å². The number of aromatic nitrogens is 2. The van der Waals surface area contributed by atoms with Gasteiger partial charge >= 0.3 is 0 Å². The van der Waals surface area contributed by atoms with E-state index in [0.29, 0.717) is 17.3 Å². The predicted octanol–water partition coefficient (Wildman–Crippen LogP) is 5.56. The molecule has 1 aliphatic rings. The lowest BCUT2D eigenvalue weighted by molar-refractivity contribution is 0.102. The molecule has 160 valence electrons. The number of hydrogen-bond acceptors (Lipinski definition) is 5. The van der Waals surface area contributed by atoms with E-state index in [0.717, 1.165) is 41.2 Å². The normalized spacial score (nSPS) is 13.3. The lowest BCUT2D eigenvalue weighted by atomic mass is 10.1. The Hall–Kier alpha value is -3.93.